The van der Waals surface area contributed by atoms with Gasteiger partial charge in [0.1, 0.15) is 5.75 Å². The smallest absolute Gasteiger partial charge is 0.460 e. The van der Waals surface area contributed by atoms with Crippen LogP contribution in [0, 0.1) is 0 Å². The molecule has 0 radical (unpaired) electrons. The Kier molecular flexibility index (Phi) is 4.90. The monoisotopic (exact) mass is 250 g/mol. The van der Waals surface area contributed by atoms with E-state index in [0.29, 0.717) is 5.75 Å². The summed E-state index contributed by atoms with van der Waals surface area (Å²) in [4.78, 5) is 0. The van der Waals surface area contributed by atoms with E-state index in [2.05, 4.69) is 19.7 Å². The molecule has 90 valence electrons. The Balaban J connectivity index is 2.90. The molecule has 0 aliphatic carbocycles. The minimum absolute atomic E-state index is 0.560. The highest BCUT2D eigenvalue weighted by Crippen LogP contribution is 2.19. The van der Waals surface area contributed by atoms with E-state index < -0.39 is 9.05 Å². The Bertz CT molecular complexity index is 351. The molecule has 1 rings (SSSR count). The van der Waals surface area contributed by atoms with Gasteiger partial charge in [-0.15, -0.1) is 0 Å². The molecular formula is C12H14O4Si. The van der Waals surface area contributed by atoms with E-state index in [1.165, 1.54) is 18.8 Å². The number of para-hydroxylation sites is 1. The van der Waals surface area contributed by atoms with E-state index >= 15 is 0 Å². The highest BCUT2D eigenvalue weighted by atomic mass is 28.4. The zero-order chi connectivity index (χ0) is 12.6. The standard InChI is InChI=1S/C12H14O4Si/c1-4-13-17(14-5-2,15-6-3)16-12-10-8-7-9-11-12/h4-11H,1-3H2. The molecule has 0 spiro atoms. The number of rotatable bonds is 8. The highest BCUT2D eigenvalue weighted by molar-refractivity contribution is 6.55. The normalized spacial score (nSPS) is 9.88. The maximum Gasteiger partial charge on any atom is 0.965 e. The van der Waals surface area contributed by atoms with Crippen molar-refractivity contribution in [2.45, 2.75) is 0 Å². The summed E-state index contributed by atoms with van der Waals surface area (Å²) in [5.74, 6) is 0.560. The molecule has 4 nitrogen and oxygen atoms in total. The van der Waals surface area contributed by atoms with E-state index in [-0.39, 0.29) is 0 Å². The first-order valence-electron chi connectivity index (χ1n) is 4.86. The Labute approximate surface area is 102 Å². The fourth-order valence-corrected chi connectivity index (χ4v) is 2.44. The first kappa shape index (κ1) is 12.9. The fraction of sp³-hybridized carbons (Fsp3) is 0. The van der Waals surface area contributed by atoms with Crippen molar-refractivity contribution in [1.82, 2.24) is 0 Å². The summed E-state index contributed by atoms with van der Waals surface area (Å²) in [6.07, 6.45) is 3.59. The summed E-state index contributed by atoms with van der Waals surface area (Å²) in [7, 11) is -3.39. The van der Waals surface area contributed by atoms with Crippen LogP contribution in [0.25, 0.3) is 0 Å². The molecule has 1 aromatic carbocycles. The van der Waals surface area contributed by atoms with Crippen molar-refractivity contribution in [3.05, 3.63) is 68.9 Å². The average Bonchev–Trinajstić information content (AvgIpc) is 2.31. The van der Waals surface area contributed by atoms with Crippen LogP contribution in [0.15, 0.2) is 68.9 Å². The lowest BCUT2D eigenvalue weighted by molar-refractivity contribution is 0.0971. The van der Waals surface area contributed by atoms with Crippen LogP contribution in [0.4, 0.5) is 0 Å². The number of benzene rings is 1. The summed E-state index contributed by atoms with van der Waals surface area (Å²) >= 11 is 0. The van der Waals surface area contributed by atoms with Crippen LogP contribution < -0.4 is 4.43 Å². The molecule has 0 saturated carbocycles. The third-order valence-corrected chi connectivity index (χ3v) is 3.52. The summed E-state index contributed by atoms with van der Waals surface area (Å²) in [5.41, 5.74) is 0. The van der Waals surface area contributed by atoms with Gasteiger partial charge in [0, 0.05) is 0 Å². The van der Waals surface area contributed by atoms with Gasteiger partial charge >= 0.3 is 9.05 Å². The second kappa shape index (κ2) is 6.44. The molecule has 0 amide bonds. The summed E-state index contributed by atoms with van der Waals surface area (Å²) < 4.78 is 21.2. The minimum Gasteiger partial charge on any atom is -0.460 e. The molecule has 0 aliphatic rings. The lowest BCUT2D eigenvalue weighted by atomic mass is 10.3. The van der Waals surface area contributed by atoms with Gasteiger partial charge in [-0.1, -0.05) is 37.9 Å². The molecular weight excluding hydrogens is 236 g/mol. The zero-order valence-electron chi connectivity index (χ0n) is 9.37. The van der Waals surface area contributed by atoms with Crippen LogP contribution in [-0.4, -0.2) is 9.05 Å². The summed E-state index contributed by atoms with van der Waals surface area (Å²) in [6.45, 7) is 10.4. The van der Waals surface area contributed by atoms with E-state index in [4.69, 9.17) is 17.7 Å². The quantitative estimate of drug-likeness (QED) is 0.525. The molecule has 1 aromatic rings. The van der Waals surface area contributed by atoms with Gasteiger partial charge in [-0.25, -0.2) is 0 Å². The SMILES string of the molecule is C=CO[Si](OC=C)(OC=C)Oc1ccccc1. The maximum atomic E-state index is 5.58. The molecule has 0 N–H and O–H groups in total. The molecule has 17 heavy (non-hydrogen) atoms. The molecule has 0 aromatic heterocycles. The number of hydrogen-bond donors (Lipinski definition) is 0. The van der Waals surface area contributed by atoms with E-state index in [1.54, 1.807) is 12.1 Å². The van der Waals surface area contributed by atoms with Crippen LogP contribution in [0.1, 0.15) is 0 Å². The van der Waals surface area contributed by atoms with Crippen LogP contribution in [0.3, 0.4) is 0 Å². The lowest BCUT2D eigenvalue weighted by Gasteiger charge is -2.23. The van der Waals surface area contributed by atoms with Gasteiger partial charge in [-0.2, -0.15) is 0 Å². The fourth-order valence-electron chi connectivity index (χ4n) is 1.09. The molecule has 0 aliphatic heterocycles. The van der Waals surface area contributed by atoms with Crippen LogP contribution in [0.5, 0.6) is 5.75 Å². The molecule has 5 heteroatoms. The third kappa shape index (κ3) is 3.73. The molecule has 0 atom stereocenters. The largest absolute Gasteiger partial charge is 0.965 e. The van der Waals surface area contributed by atoms with Crippen molar-refractivity contribution in [1.29, 1.82) is 0 Å². The lowest BCUT2D eigenvalue weighted by Crippen LogP contribution is -2.48. The second-order valence-electron chi connectivity index (χ2n) is 2.77. The number of hydrogen-bond acceptors (Lipinski definition) is 4. The Morgan fingerprint density at radius 3 is 1.71 bits per heavy atom. The Morgan fingerprint density at radius 1 is 0.824 bits per heavy atom. The molecule has 0 bridgehead atoms. The van der Waals surface area contributed by atoms with Gasteiger partial charge in [0.15, 0.2) is 0 Å². The second-order valence-corrected chi connectivity index (χ2v) is 4.68. The first-order chi connectivity index (χ1) is 8.26. The molecule has 0 fully saturated rings. The van der Waals surface area contributed by atoms with Crippen LogP contribution in [-0.2, 0) is 13.3 Å². The minimum atomic E-state index is -3.39. The van der Waals surface area contributed by atoms with Gasteiger partial charge in [0.2, 0.25) is 0 Å². The van der Waals surface area contributed by atoms with E-state index in [0.717, 1.165) is 0 Å². The average molecular weight is 250 g/mol. The van der Waals surface area contributed by atoms with Crippen molar-refractivity contribution >= 4 is 9.05 Å². The van der Waals surface area contributed by atoms with Gasteiger partial charge in [-0.05, 0) is 12.1 Å². The van der Waals surface area contributed by atoms with Crippen molar-refractivity contribution in [2.75, 3.05) is 0 Å². The van der Waals surface area contributed by atoms with Crippen molar-refractivity contribution in [3.63, 3.8) is 0 Å². The van der Waals surface area contributed by atoms with Crippen LogP contribution >= 0.6 is 0 Å². The molecule has 0 saturated heterocycles. The summed E-state index contributed by atoms with van der Waals surface area (Å²) in [5, 5.41) is 0. The van der Waals surface area contributed by atoms with Crippen LogP contribution in [0.2, 0.25) is 0 Å². The maximum absolute atomic E-state index is 5.58. The Hall–Kier alpha value is -2.14. The third-order valence-electron chi connectivity index (χ3n) is 1.67. The van der Waals surface area contributed by atoms with Crippen molar-refractivity contribution in [3.8, 4) is 5.75 Å². The zero-order valence-corrected chi connectivity index (χ0v) is 10.4. The summed E-state index contributed by atoms with van der Waals surface area (Å²) in [6, 6.07) is 9.03. The predicted octanol–water partition coefficient (Wildman–Crippen LogP) is 2.98. The van der Waals surface area contributed by atoms with Gasteiger partial charge in [-0.3, -0.25) is 0 Å². The van der Waals surface area contributed by atoms with E-state index in [9.17, 15) is 0 Å². The van der Waals surface area contributed by atoms with E-state index in [1.807, 2.05) is 18.2 Å². The first-order valence-corrected chi connectivity index (χ1v) is 6.50. The topological polar surface area (TPSA) is 36.9 Å². The van der Waals surface area contributed by atoms with Crippen molar-refractivity contribution in [2.24, 2.45) is 0 Å². The molecule has 0 heterocycles. The van der Waals surface area contributed by atoms with Gasteiger partial charge in [0.05, 0.1) is 18.8 Å². The van der Waals surface area contributed by atoms with Crippen molar-refractivity contribution < 1.29 is 17.7 Å². The predicted molar refractivity (Wildman–Crippen MR) is 66.7 cm³/mol. The highest BCUT2D eigenvalue weighted by Gasteiger charge is 2.55. The Morgan fingerprint density at radius 2 is 1.29 bits per heavy atom. The van der Waals surface area contributed by atoms with Gasteiger partial charge in [0.25, 0.3) is 0 Å². The molecule has 0 unspecified atom stereocenters. The van der Waals surface area contributed by atoms with Gasteiger partial charge < -0.3 is 17.7 Å².